The molecule has 1 aromatic carbocycles. The summed E-state index contributed by atoms with van der Waals surface area (Å²) >= 11 is 0. The van der Waals surface area contributed by atoms with Gasteiger partial charge in [-0.05, 0) is 31.4 Å². The molecule has 1 saturated heterocycles. The lowest BCUT2D eigenvalue weighted by atomic mass is 10.2. The fraction of sp³-hybridized carbons (Fsp3) is 0.455. The van der Waals surface area contributed by atoms with Gasteiger partial charge in [-0.15, -0.1) is 0 Å². The van der Waals surface area contributed by atoms with Gasteiger partial charge in [0.2, 0.25) is 10.0 Å². The lowest BCUT2D eigenvalue weighted by Gasteiger charge is -2.15. The molecular weight excluding hydrogens is 226 g/mol. The van der Waals surface area contributed by atoms with E-state index in [0.717, 1.165) is 12.8 Å². The molecule has 1 aliphatic rings. The SMILES string of the molecule is Cc1ccc(S(=O)(=O)N2CCCC2)cc1O. The summed E-state index contributed by atoms with van der Waals surface area (Å²) in [5.41, 5.74) is 0.681. The highest BCUT2D eigenvalue weighted by molar-refractivity contribution is 7.89. The van der Waals surface area contributed by atoms with Gasteiger partial charge in [-0.3, -0.25) is 0 Å². The zero-order valence-corrected chi connectivity index (χ0v) is 10.00. The van der Waals surface area contributed by atoms with Crippen molar-refractivity contribution in [2.24, 2.45) is 0 Å². The van der Waals surface area contributed by atoms with Crippen LogP contribution in [0.25, 0.3) is 0 Å². The number of aryl methyl sites for hydroxylation is 1. The second kappa shape index (κ2) is 4.07. The molecule has 5 heteroatoms. The maximum absolute atomic E-state index is 12.1. The Morgan fingerprint density at radius 2 is 1.88 bits per heavy atom. The van der Waals surface area contributed by atoms with Crippen LogP contribution in [0.2, 0.25) is 0 Å². The second-order valence-corrected chi connectivity index (χ2v) is 6.00. The molecule has 0 spiro atoms. The lowest BCUT2D eigenvalue weighted by Crippen LogP contribution is -2.27. The van der Waals surface area contributed by atoms with Gasteiger partial charge in [-0.2, -0.15) is 4.31 Å². The normalized spacial score (nSPS) is 17.8. The van der Waals surface area contributed by atoms with Crippen LogP contribution >= 0.6 is 0 Å². The molecule has 1 N–H and O–H groups in total. The molecule has 1 fully saturated rings. The van der Waals surface area contributed by atoms with E-state index in [1.807, 2.05) is 0 Å². The van der Waals surface area contributed by atoms with Gasteiger partial charge in [0.25, 0.3) is 0 Å². The van der Waals surface area contributed by atoms with E-state index in [0.29, 0.717) is 18.7 Å². The first kappa shape index (κ1) is 11.4. The van der Waals surface area contributed by atoms with Crippen LogP contribution in [0.4, 0.5) is 0 Å². The van der Waals surface area contributed by atoms with Crippen molar-refractivity contribution in [2.45, 2.75) is 24.7 Å². The predicted molar refractivity (Wildman–Crippen MR) is 60.8 cm³/mol. The molecule has 1 aromatic rings. The van der Waals surface area contributed by atoms with E-state index in [2.05, 4.69) is 0 Å². The van der Waals surface area contributed by atoms with E-state index in [1.165, 1.54) is 10.4 Å². The third-order valence-electron chi connectivity index (χ3n) is 2.88. The zero-order chi connectivity index (χ0) is 11.8. The average Bonchev–Trinajstić information content (AvgIpc) is 2.75. The molecule has 0 bridgehead atoms. The number of sulfonamides is 1. The highest BCUT2D eigenvalue weighted by Crippen LogP contribution is 2.25. The molecule has 16 heavy (non-hydrogen) atoms. The van der Waals surface area contributed by atoms with Gasteiger partial charge < -0.3 is 5.11 Å². The monoisotopic (exact) mass is 241 g/mol. The molecule has 0 saturated carbocycles. The Hall–Kier alpha value is -1.07. The van der Waals surface area contributed by atoms with Crippen molar-refractivity contribution < 1.29 is 13.5 Å². The van der Waals surface area contributed by atoms with Crippen LogP contribution in [0.1, 0.15) is 18.4 Å². The highest BCUT2D eigenvalue weighted by Gasteiger charge is 2.27. The van der Waals surface area contributed by atoms with Gasteiger partial charge in [0.05, 0.1) is 4.90 Å². The minimum absolute atomic E-state index is 0.0280. The number of phenols is 1. The smallest absolute Gasteiger partial charge is 0.243 e. The summed E-state index contributed by atoms with van der Waals surface area (Å²) in [6.45, 7) is 2.90. The summed E-state index contributed by atoms with van der Waals surface area (Å²) < 4.78 is 25.7. The van der Waals surface area contributed by atoms with Gasteiger partial charge in [0, 0.05) is 19.2 Å². The number of phenolic OH excluding ortho intramolecular Hbond substituents is 1. The maximum Gasteiger partial charge on any atom is 0.243 e. The number of aromatic hydroxyl groups is 1. The molecule has 1 heterocycles. The van der Waals surface area contributed by atoms with Crippen molar-refractivity contribution in [1.82, 2.24) is 4.31 Å². The topological polar surface area (TPSA) is 57.6 Å². The molecule has 2 rings (SSSR count). The minimum atomic E-state index is -3.40. The largest absolute Gasteiger partial charge is 0.508 e. The van der Waals surface area contributed by atoms with Crippen molar-refractivity contribution in [1.29, 1.82) is 0 Å². The summed E-state index contributed by atoms with van der Waals surface area (Å²) in [6.07, 6.45) is 1.83. The Bertz CT molecular complexity index is 490. The summed E-state index contributed by atoms with van der Waals surface area (Å²) in [7, 11) is -3.40. The molecule has 88 valence electrons. The van der Waals surface area contributed by atoms with Gasteiger partial charge in [-0.25, -0.2) is 8.42 Å². The Balaban J connectivity index is 2.39. The standard InChI is InChI=1S/C11H15NO3S/c1-9-4-5-10(8-11(9)13)16(14,15)12-6-2-3-7-12/h4-5,8,13H,2-3,6-7H2,1H3. The quantitative estimate of drug-likeness (QED) is 0.853. The zero-order valence-electron chi connectivity index (χ0n) is 9.18. The number of benzene rings is 1. The van der Waals surface area contributed by atoms with Gasteiger partial charge in [0.15, 0.2) is 0 Å². The van der Waals surface area contributed by atoms with E-state index in [1.54, 1.807) is 19.1 Å². The van der Waals surface area contributed by atoms with E-state index >= 15 is 0 Å². The number of rotatable bonds is 2. The second-order valence-electron chi connectivity index (χ2n) is 4.06. The van der Waals surface area contributed by atoms with E-state index in [9.17, 15) is 13.5 Å². The number of nitrogens with zero attached hydrogens (tertiary/aromatic N) is 1. The summed E-state index contributed by atoms with van der Waals surface area (Å²) in [5, 5.41) is 9.52. The van der Waals surface area contributed by atoms with Crippen LogP contribution in [-0.2, 0) is 10.0 Å². The summed E-state index contributed by atoms with van der Waals surface area (Å²) in [6, 6.07) is 4.49. The minimum Gasteiger partial charge on any atom is -0.508 e. The van der Waals surface area contributed by atoms with Gasteiger partial charge >= 0.3 is 0 Å². The van der Waals surface area contributed by atoms with Crippen molar-refractivity contribution in [3.8, 4) is 5.75 Å². The van der Waals surface area contributed by atoms with Crippen molar-refractivity contribution in [3.63, 3.8) is 0 Å². The molecule has 0 radical (unpaired) electrons. The molecular formula is C11H15NO3S. The fourth-order valence-corrected chi connectivity index (χ4v) is 3.36. The third kappa shape index (κ3) is 1.92. The maximum atomic E-state index is 12.1. The van der Waals surface area contributed by atoms with Crippen molar-refractivity contribution >= 4 is 10.0 Å². The first-order chi connectivity index (χ1) is 7.51. The van der Waals surface area contributed by atoms with Crippen LogP contribution in [0, 0.1) is 6.92 Å². The fourth-order valence-electron chi connectivity index (χ4n) is 1.83. The predicted octanol–water partition coefficient (Wildman–Crippen LogP) is 1.49. The third-order valence-corrected chi connectivity index (χ3v) is 4.78. The number of hydrogen-bond donors (Lipinski definition) is 1. The average molecular weight is 241 g/mol. The van der Waals surface area contributed by atoms with Crippen LogP contribution in [-0.4, -0.2) is 30.9 Å². The molecule has 1 aliphatic heterocycles. The van der Waals surface area contributed by atoms with Gasteiger partial charge in [0.1, 0.15) is 5.75 Å². The van der Waals surface area contributed by atoms with Crippen molar-refractivity contribution in [3.05, 3.63) is 23.8 Å². The van der Waals surface area contributed by atoms with Crippen LogP contribution in [0.5, 0.6) is 5.75 Å². The van der Waals surface area contributed by atoms with Crippen LogP contribution < -0.4 is 0 Å². The van der Waals surface area contributed by atoms with Gasteiger partial charge in [-0.1, -0.05) is 6.07 Å². The summed E-state index contributed by atoms with van der Waals surface area (Å²) in [4.78, 5) is 0.178. The van der Waals surface area contributed by atoms with Crippen LogP contribution in [0.15, 0.2) is 23.1 Å². The first-order valence-electron chi connectivity index (χ1n) is 5.31. The highest BCUT2D eigenvalue weighted by atomic mass is 32.2. The van der Waals surface area contributed by atoms with E-state index in [4.69, 9.17) is 0 Å². The Morgan fingerprint density at radius 3 is 2.44 bits per heavy atom. The van der Waals surface area contributed by atoms with Crippen molar-refractivity contribution in [2.75, 3.05) is 13.1 Å². The molecule has 4 nitrogen and oxygen atoms in total. The molecule has 0 aromatic heterocycles. The summed E-state index contributed by atoms with van der Waals surface area (Å²) in [5.74, 6) is 0.0280. The van der Waals surface area contributed by atoms with Crippen LogP contribution in [0.3, 0.4) is 0 Å². The number of hydrogen-bond acceptors (Lipinski definition) is 3. The first-order valence-corrected chi connectivity index (χ1v) is 6.75. The Labute approximate surface area is 95.6 Å². The Morgan fingerprint density at radius 1 is 1.25 bits per heavy atom. The van der Waals surface area contributed by atoms with E-state index < -0.39 is 10.0 Å². The lowest BCUT2D eigenvalue weighted by molar-refractivity contribution is 0.463. The molecule has 0 atom stereocenters. The molecule has 0 amide bonds. The molecule has 0 unspecified atom stereocenters. The van der Waals surface area contributed by atoms with E-state index in [-0.39, 0.29) is 10.6 Å². The Kier molecular flexibility index (Phi) is 2.90. The molecule has 0 aliphatic carbocycles.